The van der Waals surface area contributed by atoms with Crippen LogP contribution in [0.1, 0.15) is 65.2 Å². The zero-order valence-corrected chi connectivity index (χ0v) is 29.1. The van der Waals surface area contributed by atoms with Gasteiger partial charge in [-0.2, -0.15) is 0 Å². The summed E-state index contributed by atoms with van der Waals surface area (Å²) in [4.78, 5) is 11.5. The number of aliphatic imine (C=N–C) groups is 1. The Morgan fingerprint density at radius 2 is 0.956 bits per heavy atom. The summed E-state index contributed by atoms with van der Waals surface area (Å²) in [5.74, 6) is 0. The average Bonchev–Trinajstić information content (AvgIpc) is 3.09. The lowest BCUT2D eigenvalue weighted by Crippen LogP contribution is -2.21. The van der Waals surface area contributed by atoms with Gasteiger partial charge in [-0.25, -0.2) is 0 Å². The maximum atomic E-state index is 4.60. The number of allylic oxidation sites excluding steroid dienone is 7. The van der Waals surface area contributed by atoms with Crippen molar-refractivity contribution >= 4 is 33.9 Å². The molecule has 0 saturated heterocycles. The van der Waals surface area contributed by atoms with Gasteiger partial charge in [-0.3, -0.25) is 4.99 Å². The fourth-order valence-electron chi connectivity index (χ4n) is 5.56. The van der Waals surface area contributed by atoms with Crippen molar-refractivity contribution in [2.24, 2.45) is 4.99 Å². The fourth-order valence-corrected chi connectivity index (χ4v) is 5.56. The van der Waals surface area contributed by atoms with E-state index in [1.54, 1.807) is 0 Å². The monoisotopic (exact) mass is 602 g/mol. The van der Waals surface area contributed by atoms with Gasteiger partial charge in [0, 0.05) is 63.9 Å². The van der Waals surface area contributed by atoms with Crippen LogP contribution in [0, 0.1) is 0 Å². The average molecular weight is 603 g/mol. The summed E-state index contributed by atoms with van der Waals surface area (Å²) >= 11 is 0. The Kier molecular flexibility index (Phi) is 14.0. The highest BCUT2D eigenvalue weighted by atomic mass is 15.1. The Labute approximate surface area is 273 Å². The molecule has 0 heterocycles. The van der Waals surface area contributed by atoms with Crippen molar-refractivity contribution in [2.45, 2.75) is 48.5 Å². The van der Waals surface area contributed by atoms with E-state index < -0.39 is 0 Å². The molecule has 0 aromatic heterocycles. The van der Waals surface area contributed by atoms with E-state index in [2.05, 4.69) is 172 Å². The molecule has 0 radical (unpaired) electrons. The normalized spacial score (nSPS) is 11.8. The summed E-state index contributed by atoms with van der Waals surface area (Å²) in [5, 5.41) is 0. The summed E-state index contributed by atoms with van der Waals surface area (Å²) in [6.45, 7) is 19.7. The third-order valence-electron chi connectivity index (χ3n) is 8.12. The first-order valence-electron chi connectivity index (χ1n) is 16.8. The lowest BCUT2D eigenvalue weighted by Gasteiger charge is -2.22. The van der Waals surface area contributed by atoms with Gasteiger partial charge < -0.3 is 14.7 Å². The van der Waals surface area contributed by atoms with Crippen molar-refractivity contribution < 1.29 is 0 Å². The van der Waals surface area contributed by atoms with Crippen LogP contribution in [0.25, 0.3) is 11.1 Å². The molecule has 0 N–H and O–H groups in total. The highest BCUT2D eigenvalue weighted by Crippen LogP contribution is 2.34. The molecule has 1 aliphatic carbocycles. The smallest absolute Gasteiger partial charge is 0.0574 e. The second-order valence-corrected chi connectivity index (χ2v) is 10.9. The van der Waals surface area contributed by atoms with E-state index in [0.717, 1.165) is 38.4 Å². The van der Waals surface area contributed by atoms with Crippen molar-refractivity contribution in [2.75, 3.05) is 61.5 Å². The number of benzene rings is 3. The van der Waals surface area contributed by atoms with Crippen LogP contribution >= 0.6 is 0 Å². The van der Waals surface area contributed by atoms with Gasteiger partial charge in [-0.05, 0) is 123 Å². The van der Waals surface area contributed by atoms with E-state index >= 15 is 0 Å². The molecule has 0 bridgehead atoms. The minimum Gasteiger partial charge on any atom is -0.378 e. The molecule has 0 atom stereocenters. The van der Waals surface area contributed by atoms with E-state index in [0.29, 0.717) is 0 Å². The third kappa shape index (κ3) is 9.11. The first kappa shape index (κ1) is 35.2. The van der Waals surface area contributed by atoms with Crippen LogP contribution in [0.3, 0.4) is 0 Å². The van der Waals surface area contributed by atoms with Crippen molar-refractivity contribution in [3.8, 4) is 0 Å². The van der Waals surface area contributed by atoms with Crippen molar-refractivity contribution in [3.63, 3.8) is 0 Å². The number of nitrogens with zero attached hydrogens (tertiary/aromatic N) is 4. The summed E-state index contributed by atoms with van der Waals surface area (Å²) in [6.07, 6.45) is 11.0. The van der Waals surface area contributed by atoms with Crippen LogP contribution in [0.2, 0.25) is 0 Å². The van der Waals surface area contributed by atoms with Gasteiger partial charge in [0.25, 0.3) is 0 Å². The second-order valence-electron chi connectivity index (χ2n) is 10.9. The van der Waals surface area contributed by atoms with Crippen molar-refractivity contribution in [1.29, 1.82) is 0 Å². The van der Waals surface area contributed by atoms with E-state index in [4.69, 9.17) is 0 Å². The molecule has 238 valence electrons. The van der Waals surface area contributed by atoms with Crippen molar-refractivity contribution in [3.05, 3.63) is 125 Å². The molecule has 0 fully saturated rings. The SMILES string of the molecule is CC.CCN=C1C=CC(=C(C=C(c2ccc(N(CC)CC)cc2)c2ccc(N(CC)CC)cc2)c2ccc(N(C)C)cc2)C=C1. The van der Waals surface area contributed by atoms with E-state index in [1.165, 1.54) is 50.5 Å². The zero-order chi connectivity index (χ0) is 32.8. The van der Waals surface area contributed by atoms with Crippen LogP contribution in [-0.4, -0.2) is 52.5 Å². The molecule has 3 aromatic rings. The van der Waals surface area contributed by atoms with Gasteiger partial charge in [0.2, 0.25) is 0 Å². The number of rotatable bonds is 12. The minimum absolute atomic E-state index is 0.777. The Hall–Kier alpha value is -4.31. The summed E-state index contributed by atoms with van der Waals surface area (Å²) in [5.41, 5.74) is 11.8. The van der Waals surface area contributed by atoms with Crippen LogP contribution in [0.4, 0.5) is 17.1 Å². The van der Waals surface area contributed by atoms with Crippen LogP contribution < -0.4 is 14.7 Å². The Morgan fingerprint density at radius 1 is 0.556 bits per heavy atom. The Balaban J connectivity index is 0.00000271. The maximum Gasteiger partial charge on any atom is 0.0574 e. The highest BCUT2D eigenvalue weighted by molar-refractivity contribution is 6.07. The van der Waals surface area contributed by atoms with Gasteiger partial charge in [0.1, 0.15) is 0 Å². The largest absolute Gasteiger partial charge is 0.378 e. The molecule has 0 unspecified atom stereocenters. The van der Waals surface area contributed by atoms with Gasteiger partial charge in [-0.15, -0.1) is 0 Å². The van der Waals surface area contributed by atoms with E-state index in [1.807, 2.05) is 13.8 Å². The van der Waals surface area contributed by atoms with Crippen LogP contribution in [0.15, 0.2) is 114 Å². The van der Waals surface area contributed by atoms with Gasteiger partial charge in [-0.1, -0.05) is 62.4 Å². The highest BCUT2D eigenvalue weighted by Gasteiger charge is 2.14. The van der Waals surface area contributed by atoms with Gasteiger partial charge in [0.15, 0.2) is 0 Å². The second kappa shape index (κ2) is 17.9. The predicted molar refractivity (Wildman–Crippen MR) is 202 cm³/mol. The standard InChI is InChI=1S/C39H48N4.C2H6/c1-8-40-34-21-13-30(14-22-34)38(31-15-23-35(24-16-31)41(6)7)29-39(32-17-25-36(26-18-32)42(9-2)10-3)33-19-27-37(28-20-33)43(11-4)12-5;1-2/h13-29H,8-12H2,1-7H3;1-2H3. The molecule has 45 heavy (non-hydrogen) atoms. The Morgan fingerprint density at radius 3 is 1.33 bits per heavy atom. The fraction of sp³-hybridized carbons (Fsp3) is 0.341. The molecular weight excluding hydrogens is 548 g/mol. The number of anilines is 3. The first-order chi connectivity index (χ1) is 21.9. The van der Waals surface area contributed by atoms with Crippen LogP contribution in [-0.2, 0) is 0 Å². The molecule has 0 amide bonds. The molecule has 0 aliphatic heterocycles. The number of hydrogen-bond acceptors (Lipinski definition) is 4. The molecule has 4 rings (SSSR count). The summed E-state index contributed by atoms with van der Waals surface area (Å²) < 4.78 is 0. The zero-order valence-electron chi connectivity index (χ0n) is 29.1. The Bertz CT molecular complexity index is 1400. The topological polar surface area (TPSA) is 22.1 Å². The molecule has 0 spiro atoms. The number of hydrogen-bond donors (Lipinski definition) is 0. The molecule has 1 aliphatic rings. The molecule has 0 saturated carbocycles. The molecule has 3 aromatic carbocycles. The molecule has 4 nitrogen and oxygen atoms in total. The van der Waals surface area contributed by atoms with Gasteiger partial charge in [0.05, 0.1) is 5.71 Å². The van der Waals surface area contributed by atoms with E-state index in [9.17, 15) is 0 Å². The van der Waals surface area contributed by atoms with Gasteiger partial charge >= 0.3 is 0 Å². The lowest BCUT2D eigenvalue weighted by molar-refractivity contribution is 0.866. The quantitative estimate of drug-likeness (QED) is 0.206. The lowest BCUT2D eigenvalue weighted by atomic mass is 9.90. The first-order valence-corrected chi connectivity index (χ1v) is 16.8. The molecule has 4 heteroatoms. The maximum absolute atomic E-state index is 4.60. The van der Waals surface area contributed by atoms with Crippen molar-refractivity contribution in [1.82, 2.24) is 0 Å². The summed E-state index contributed by atoms with van der Waals surface area (Å²) in [6, 6.07) is 27.0. The molecular formula is C41H54N4. The summed E-state index contributed by atoms with van der Waals surface area (Å²) in [7, 11) is 4.16. The minimum atomic E-state index is 0.777. The predicted octanol–water partition coefficient (Wildman–Crippen LogP) is 9.94. The van der Waals surface area contributed by atoms with Crippen LogP contribution in [0.5, 0.6) is 0 Å². The van der Waals surface area contributed by atoms with E-state index in [-0.39, 0.29) is 0 Å². The third-order valence-corrected chi connectivity index (χ3v) is 8.12.